The molecule has 3 nitrogen and oxygen atoms in total. The van der Waals surface area contributed by atoms with E-state index in [0.29, 0.717) is 5.92 Å². The Morgan fingerprint density at radius 3 is 2.47 bits per heavy atom. The quantitative estimate of drug-likeness (QED) is 0.500. The molecule has 6 heteroatoms. The summed E-state index contributed by atoms with van der Waals surface area (Å²) in [7, 11) is -3.50. The summed E-state index contributed by atoms with van der Waals surface area (Å²) in [5.74, 6) is 0.508. The monoisotopic (exact) mass is 458 g/mol. The highest BCUT2D eigenvalue weighted by Crippen LogP contribution is 2.47. The van der Waals surface area contributed by atoms with Gasteiger partial charge in [-0.2, -0.15) is 0 Å². The van der Waals surface area contributed by atoms with Gasteiger partial charge in [0.25, 0.3) is 0 Å². The molecule has 1 aromatic rings. The SMILES string of the molecule is C=C[Si]1(C[Si]2CCCCO2)CCC(C)C(C)(c2ccccc2C[Si]2CCCCO2)O1. The Bertz CT molecular complexity index is 717. The molecular formula is C24H38O3Si3. The van der Waals surface area contributed by atoms with Crippen molar-refractivity contribution in [2.75, 3.05) is 13.2 Å². The second kappa shape index (κ2) is 9.96. The van der Waals surface area contributed by atoms with E-state index in [9.17, 15) is 0 Å². The van der Waals surface area contributed by atoms with Crippen molar-refractivity contribution in [1.82, 2.24) is 0 Å². The molecule has 0 spiro atoms. The number of hydrogen-bond acceptors (Lipinski definition) is 3. The minimum absolute atomic E-state index is 0.233. The predicted molar refractivity (Wildman–Crippen MR) is 129 cm³/mol. The standard InChI is InChI=1S/C24H38O3Si3/c1-4-30(20-29-17-10-8-15-26-29)18-13-21(2)24(3,27-30)23-12-6-5-11-22(23)19-28-16-9-7-14-25-28/h4-6,11-12,21H,1,7-10,13-20H2,2-3H3. The van der Waals surface area contributed by atoms with E-state index in [0.717, 1.165) is 19.3 Å². The van der Waals surface area contributed by atoms with Gasteiger partial charge >= 0.3 is 0 Å². The maximum atomic E-state index is 7.28. The topological polar surface area (TPSA) is 27.7 Å². The largest absolute Gasteiger partial charge is 0.417 e. The van der Waals surface area contributed by atoms with E-state index in [2.05, 4.69) is 50.4 Å². The summed E-state index contributed by atoms with van der Waals surface area (Å²) in [5, 5.41) is 0. The summed E-state index contributed by atoms with van der Waals surface area (Å²) < 4.78 is 19.7. The van der Waals surface area contributed by atoms with Gasteiger partial charge in [-0.15, -0.1) is 6.58 Å². The second-order valence-corrected chi connectivity index (χ2v) is 18.4. The lowest BCUT2D eigenvalue weighted by atomic mass is 9.80. The molecule has 3 fully saturated rings. The first kappa shape index (κ1) is 22.7. The molecule has 3 saturated heterocycles. The van der Waals surface area contributed by atoms with Gasteiger partial charge in [-0.3, -0.25) is 0 Å². The van der Waals surface area contributed by atoms with Crippen LogP contribution in [0.2, 0.25) is 23.8 Å². The zero-order chi connectivity index (χ0) is 21.0. The van der Waals surface area contributed by atoms with E-state index < -0.39 is 26.4 Å². The summed E-state index contributed by atoms with van der Waals surface area (Å²) in [4.78, 5) is 0. The summed E-state index contributed by atoms with van der Waals surface area (Å²) in [6, 6.07) is 13.9. The Hall–Kier alpha value is -0.509. The Labute approximate surface area is 187 Å². The van der Waals surface area contributed by atoms with Crippen molar-refractivity contribution in [3.05, 3.63) is 47.7 Å². The molecule has 164 valence electrons. The van der Waals surface area contributed by atoms with E-state index in [-0.39, 0.29) is 5.60 Å². The fraction of sp³-hybridized carbons (Fsp3) is 0.667. The fourth-order valence-electron chi connectivity index (χ4n) is 5.38. The third kappa shape index (κ3) is 4.94. The van der Waals surface area contributed by atoms with Crippen LogP contribution in [0.5, 0.6) is 0 Å². The Morgan fingerprint density at radius 1 is 1.10 bits per heavy atom. The summed E-state index contributed by atoms with van der Waals surface area (Å²) in [5.41, 5.74) is 6.04. The highest BCUT2D eigenvalue weighted by molar-refractivity contribution is 6.88. The van der Waals surface area contributed by atoms with Crippen LogP contribution in [0.25, 0.3) is 0 Å². The van der Waals surface area contributed by atoms with Crippen LogP contribution >= 0.6 is 0 Å². The first-order valence-corrected chi connectivity index (χ1v) is 18.0. The van der Waals surface area contributed by atoms with Crippen molar-refractivity contribution < 1.29 is 13.3 Å². The molecule has 0 aromatic heterocycles. The zero-order valence-corrected chi connectivity index (χ0v) is 21.9. The third-order valence-electron chi connectivity index (χ3n) is 7.48. The molecule has 0 N–H and O–H groups in total. The first-order valence-electron chi connectivity index (χ1n) is 11.9. The molecular weight excluding hydrogens is 421 g/mol. The third-order valence-corrected chi connectivity index (χ3v) is 18.0. The minimum Gasteiger partial charge on any atom is -0.417 e. The fourth-order valence-corrected chi connectivity index (χ4v) is 16.7. The molecule has 0 bridgehead atoms. The predicted octanol–water partition coefficient (Wildman–Crippen LogP) is 5.85. The molecule has 1 aromatic carbocycles. The van der Waals surface area contributed by atoms with Gasteiger partial charge in [0, 0.05) is 13.2 Å². The molecule has 3 atom stereocenters. The van der Waals surface area contributed by atoms with E-state index in [1.165, 1.54) is 67.0 Å². The van der Waals surface area contributed by atoms with Gasteiger partial charge in [0.2, 0.25) is 26.4 Å². The maximum Gasteiger partial charge on any atom is 0.217 e. The van der Waals surface area contributed by atoms with Crippen LogP contribution < -0.4 is 0 Å². The van der Waals surface area contributed by atoms with E-state index in [4.69, 9.17) is 13.3 Å². The molecule has 3 unspecified atom stereocenters. The molecule has 0 aliphatic carbocycles. The van der Waals surface area contributed by atoms with Crippen molar-refractivity contribution in [3.63, 3.8) is 0 Å². The van der Waals surface area contributed by atoms with Gasteiger partial charge in [0.1, 0.15) is 0 Å². The van der Waals surface area contributed by atoms with Gasteiger partial charge in [0.05, 0.1) is 5.60 Å². The molecule has 4 rings (SSSR count). The van der Waals surface area contributed by atoms with Crippen LogP contribution in [-0.4, -0.2) is 39.6 Å². The first-order chi connectivity index (χ1) is 14.5. The highest BCUT2D eigenvalue weighted by Gasteiger charge is 2.50. The van der Waals surface area contributed by atoms with Gasteiger partial charge in [-0.05, 0) is 73.1 Å². The van der Waals surface area contributed by atoms with Crippen LogP contribution in [0.15, 0.2) is 36.5 Å². The van der Waals surface area contributed by atoms with Gasteiger partial charge in [0.15, 0.2) is 0 Å². The van der Waals surface area contributed by atoms with Crippen molar-refractivity contribution in [2.24, 2.45) is 5.92 Å². The molecule has 3 aliphatic rings. The summed E-state index contributed by atoms with van der Waals surface area (Å²) in [6.07, 6.45) is 6.35. The average molecular weight is 459 g/mol. The van der Waals surface area contributed by atoms with Crippen molar-refractivity contribution in [2.45, 2.75) is 81.4 Å². The number of hydrogen-bond donors (Lipinski definition) is 0. The average Bonchev–Trinajstić information content (AvgIpc) is 2.78. The molecule has 0 amide bonds. The number of benzene rings is 1. The minimum atomic E-state index is -2.02. The van der Waals surface area contributed by atoms with Crippen LogP contribution in [0, 0.1) is 5.92 Å². The van der Waals surface area contributed by atoms with E-state index in [1.807, 2.05) is 0 Å². The van der Waals surface area contributed by atoms with Gasteiger partial charge in [-0.25, -0.2) is 0 Å². The highest BCUT2D eigenvalue weighted by atomic mass is 28.4. The Balaban J connectivity index is 1.59. The van der Waals surface area contributed by atoms with Gasteiger partial charge in [-0.1, -0.05) is 49.7 Å². The Morgan fingerprint density at radius 2 is 1.80 bits per heavy atom. The van der Waals surface area contributed by atoms with Crippen molar-refractivity contribution in [3.8, 4) is 0 Å². The van der Waals surface area contributed by atoms with Crippen LogP contribution in [0.4, 0.5) is 0 Å². The summed E-state index contributed by atoms with van der Waals surface area (Å²) >= 11 is 0. The van der Waals surface area contributed by atoms with Crippen LogP contribution in [0.3, 0.4) is 0 Å². The lowest BCUT2D eigenvalue weighted by Crippen LogP contribution is -2.54. The van der Waals surface area contributed by atoms with Crippen LogP contribution in [-0.2, 0) is 24.9 Å². The Kier molecular flexibility index (Phi) is 7.53. The second-order valence-electron chi connectivity index (χ2n) is 9.62. The normalized spacial score (nSPS) is 34.0. The molecule has 0 saturated carbocycles. The van der Waals surface area contributed by atoms with Crippen molar-refractivity contribution in [1.29, 1.82) is 0 Å². The molecule has 30 heavy (non-hydrogen) atoms. The lowest BCUT2D eigenvalue weighted by Gasteiger charge is -2.50. The zero-order valence-electron chi connectivity index (χ0n) is 18.9. The summed E-state index contributed by atoms with van der Waals surface area (Å²) in [6.45, 7) is 11.0. The molecule has 2 radical (unpaired) electrons. The molecule has 3 heterocycles. The van der Waals surface area contributed by atoms with E-state index in [1.54, 1.807) is 0 Å². The molecule has 3 aliphatic heterocycles. The van der Waals surface area contributed by atoms with Crippen molar-refractivity contribution >= 4 is 26.4 Å². The van der Waals surface area contributed by atoms with Gasteiger partial charge < -0.3 is 13.3 Å². The lowest BCUT2D eigenvalue weighted by molar-refractivity contribution is 0.000718. The maximum absolute atomic E-state index is 7.28. The van der Waals surface area contributed by atoms with E-state index >= 15 is 0 Å². The smallest absolute Gasteiger partial charge is 0.217 e. The van der Waals surface area contributed by atoms with Crippen LogP contribution in [0.1, 0.15) is 57.1 Å². The number of rotatable bonds is 6.